The minimum absolute atomic E-state index is 0.0321. The molecule has 21 heavy (non-hydrogen) atoms. The van der Waals surface area contributed by atoms with Crippen molar-refractivity contribution in [1.29, 1.82) is 0 Å². The molecule has 1 aliphatic rings. The lowest BCUT2D eigenvalue weighted by molar-refractivity contribution is -0.129. The Morgan fingerprint density at radius 2 is 1.81 bits per heavy atom. The Kier molecular flexibility index (Phi) is 3.69. The van der Waals surface area contributed by atoms with Gasteiger partial charge in [-0.2, -0.15) is 5.10 Å². The highest BCUT2D eigenvalue weighted by atomic mass is 16.5. The van der Waals surface area contributed by atoms with Crippen LogP contribution in [0.5, 0.6) is 5.75 Å². The molecule has 0 N–H and O–H groups in total. The fourth-order valence-corrected chi connectivity index (χ4v) is 2.29. The lowest BCUT2D eigenvalue weighted by Crippen LogP contribution is -2.19. The van der Waals surface area contributed by atoms with Gasteiger partial charge in [0.1, 0.15) is 5.75 Å². The van der Waals surface area contributed by atoms with Crippen LogP contribution in [-0.4, -0.2) is 23.7 Å². The van der Waals surface area contributed by atoms with E-state index in [9.17, 15) is 4.79 Å². The maximum absolute atomic E-state index is 12.1. The average molecular weight is 280 g/mol. The van der Waals surface area contributed by atoms with Crippen LogP contribution in [0.25, 0.3) is 0 Å². The van der Waals surface area contributed by atoms with Gasteiger partial charge in [0.05, 0.1) is 25.8 Å². The molecule has 3 rings (SSSR count). The molecule has 1 heterocycles. The van der Waals surface area contributed by atoms with Crippen molar-refractivity contribution in [3.63, 3.8) is 0 Å². The summed E-state index contributed by atoms with van der Waals surface area (Å²) >= 11 is 0. The van der Waals surface area contributed by atoms with E-state index in [1.807, 2.05) is 54.6 Å². The summed E-state index contributed by atoms with van der Waals surface area (Å²) in [4.78, 5) is 12.1. The molecule has 2 aromatic rings. The van der Waals surface area contributed by atoms with Crippen molar-refractivity contribution in [3.8, 4) is 5.75 Å². The van der Waals surface area contributed by atoms with Gasteiger partial charge in [-0.3, -0.25) is 4.79 Å². The van der Waals surface area contributed by atoms with Crippen LogP contribution in [-0.2, 0) is 11.3 Å². The Bertz CT molecular complexity index is 663. The lowest BCUT2D eigenvalue weighted by atomic mass is 10.1. The number of benzene rings is 2. The summed E-state index contributed by atoms with van der Waals surface area (Å²) in [6, 6.07) is 17.5. The van der Waals surface area contributed by atoms with Crippen LogP contribution < -0.4 is 4.74 Å². The van der Waals surface area contributed by atoms with E-state index in [1.165, 1.54) is 5.01 Å². The monoisotopic (exact) mass is 280 g/mol. The molecule has 0 atom stereocenters. The first kappa shape index (κ1) is 13.4. The second-order valence-corrected chi connectivity index (χ2v) is 4.89. The predicted molar refractivity (Wildman–Crippen MR) is 81.1 cm³/mol. The number of nitrogens with zero attached hydrogens (tertiary/aromatic N) is 2. The molecule has 4 nitrogen and oxygen atoms in total. The molecule has 1 amide bonds. The van der Waals surface area contributed by atoms with E-state index in [0.29, 0.717) is 13.0 Å². The van der Waals surface area contributed by atoms with Crippen LogP contribution in [0.4, 0.5) is 0 Å². The van der Waals surface area contributed by atoms with Crippen molar-refractivity contribution in [2.75, 3.05) is 7.11 Å². The molecular formula is C17H16N2O2. The summed E-state index contributed by atoms with van der Waals surface area (Å²) in [5, 5.41) is 5.99. The number of carbonyl (C=O) groups is 1. The molecule has 106 valence electrons. The number of amides is 1. The molecule has 0 saturated carbocycles. The lowest BCUT2D eigenvalue weighted by Gasteiger charge is -2.11. The van der Waals surface area contributed by atoms with Crippen molar-refractivity contribution in [2.24, 2.45) is 5.10 Å². The minimum Gasteiger partial charge on any atom is -0.497 e. The number of hydrogen-bond donors (Lipinski definition) is 0. The van der Waals surface area contributed by atoms with E-state index in [1.54, 1.807) is 7.11 Å². The van der Waals surface area contributed by atoms with Crippen LogP contribution >= 0.6 is 0 Å². The average Bonchev–Trinajstić information content (AvgIpc) is 2.89. The van der Waals surface area contributed by atoms with E-state index in [4.69, 9.17) is 4.74 Å². The zero-order valence-electron chi connectivity index (χ0n) is 11.8. The molecule has 0 spiro atoms. The van der Waals surface area contributed by atoms with Crippen LogP contribution in [0, 0.1) is 0 Å². The van der Waals surface area contributed by atoms with Crippen molar-refractivity contribution < 1.29 is 9.53 Å². The molecule has 1 aliphatic heterocycles. The van der Waals surface area contributed by atoms with Gasteiger partial charge in [-0.25, -0.2) is 5.01 Å². The summed E-state index contributed by atoms with van der Waals surface area (Å²) < 4.78 is 5.14. The van der Waals surface area contributed by atoms with Gasteiger partial charge in [-0.15, -0.1) is 0 Å². The summed E-state index contributed by atoms with van der Waals surface area (Å²) in [7, 11) is 1.63. The SMILES string of the molecule is COc1ccc(C2=NN(Cc3ccccc3)C(=O)C2)cc1. The normalized spacial score (nSPS) is 14.2. The molecule has 0 aromatic heterocycles. The highest BCUT2D eigenvalue weighted by molar-refractivity contribution is 6.13. The first-order valence-corrected chi connectivity index (χ1v) is 6.82. The van der Waals surface area contributed by atoms with E-state index >= 15 is 0 Å². The van der Waals surface area contributed by atoms with Crippen LogP contribution in [0.3, 0.4) is 0 Å². The molecule has 0 aliphatic carbocycles. The van der Waals surface area contributed by atoms with Gasteiger partial charge in [0.15, 0.2) is 0 Å². The van der Waals surface area contributed by atoms with Gasteiger partial charge < -0.3 is 4.74 Å². The first-order chi connectivity index (χ1) is 10.3. The Morgan fingerprint density at radius 3 is 2.48 bits per heavy atom. The standard InChI is InChI=1S/C17H16N2O2/c1-21-15-9-7-14(8-10-15)16-11-17(20)19(18-16)12-13-5-3-2-4-6-13/h2-10H,11-12H2,1H3. The van der Waals surface area contributed by atoms with Gasteiger partial charge in [0.25, 0.3) is 0 Å². The molecule has 0 bridgehead atoms. The largest absolute Gasteiger partial charge is 0.497 e. The van der Waals surface area contributed by atoms with E-state index in [-0.39, 0.29) is 5.91 Å². The third kappa shape index (κ3) is 2.94. The van der Waals surface area contributed by atoms with Gasteiger partial charge in [0, 0.05) is 0 Å². The van der Waals surface area contributed by atoms with Gasteiger partial charge in [-0.05, 0) is 35.4 Å². The summed E-state index contributed by atoms with van der Waals surface area (Å²) in [6.07, 6.45) is 0.346. The molecular weight excluding hydrogens is 264 g/mol. The molecule has 2 aromatic carbocycles. The van der Waals surface area contributed by atoms with Gasteiger partial charge in [0.2, 0.25) is 5.91 Å². The van der Waals surface area contributed by atoms with E-state index in [0.717, 1.165) is 22.6 Å². The highest BCUT2D eigenvalue weighted by Crippen LogP contribution is 2.19. The smallest absolute Gasteiger partial charge is 0.249 e. The van der Waals surface area contributed by atoms with Gasteiger partial charge in [-0.1, -0.05) is 30.3 Å². The molecule has 0 fully saturated rings. The third-order valence-corrected chi connectivity index (χ3v) is 3.45. The zero-order chi connectivity index (χ0) is 14.7. The maximum atomic E-state index is 12.1. The number of carbonyl (C=O) groups excluding carboxylic acids is 1. The maximum Gasteiger partial charge on any atom is 0.249 e. The molecule has 4 heteroatoms. The molecule has 0 unspecified atom stereocenters. The Labute approximate surface area is 123 Å². The second-order valence-electron chi connectivity index (χ2n) is 4.89. The van der Waals surface area contributed by atoms with Crippen LogP contribution in [0.2, 0.25) is 0 Å². The minimum atomic E-state index is 0.0321. The highest BCUT2D eigenvalue weighted by Gasteiger charge is 2.24. The number of hydrazone groups is 1. The second kappa shape index (κ2) is 5.79. The summed E-state index contributed by atoms with van der Waals surface area (Å²) in [5.41, 5.74) is 2.84. The predicted octanol–water partition coefficient (Wildman–Crippen LogP) is 2.83. The topological polar surface area (TPSA) is 41.9 Å². The van der Waals surface area contributed by atoms with E-state index in [2.05, 4.69) is 5.10 Å². The Hall–Kier alpha value is -2.62. The number of ether oxygens (including phenoxy) is 1. The van der Waals surface area contributed by atoms with Crippen molar-refractivity contribution in [3.05, 3.63) is 65.7 Å². The Balaban J connectivity index is 1.78. The number of methoxy groups -OCH3 is 1. The third-order valence-electron chi connectivity index (χ3n) is 3.45. The van der Waals surface area contributed by atoms with Gasteiger partial charge >= 0.3 is 0 Å². The summed E-state index contributed by atoms with van der Waals surface area (Å²) in [6.45, 7) is 0.513. The molecule has 0 saturated heterocycles. The fraction of sp³-hybridized carbons (Fsp3) is 0.176. The van der Waals surface area contributed by atoms with Crippen molar-refractivity contribution in [1.82, 2.24) is 5.01 Å². The Morgan fingerprint density at radius 1 is 1.10 bits per heavy atom. The molecule has 0 radical (unpaired) electrons. The van der Waals surface area contributed by atoms with Crippen LogP contribution in [0.15, 0.2) is 59.7 Å². The van der Waals surface area contributed by atoms with Crippen molar-refractivity contribution >= 4 is 11.6 Å². The fourth-order valence-electron chi connectivity index (χ4n) is 2.29. The first-order valence-electron chi connectivity index (χ1n) is 6.82. The van der Waals surface area contributed by atoms with Crippen LogP contribution in [0.1, 0.15) is 17.5 Å². The number of rotatable bonds is 4. The number of hydrogen-bond acceptors (Lipinski definition) is 3. The zero-order valence-corrected chi connectivity index (χ0v) is 11.8. The van der Waals surface area contributed by atoms with E-state index < -0.39 is 0 Å². The quantitative estimate of drug-likeness (QED) is 0.864. The van der Waals surface area contributed by atoms with Crippen molar-refractivity contribution in [2.45, 2.75) is 13.0 Å². The summed E-state index contributed by atoms with van der Waals surface area (Å²) in [5.74, 6) is 0.828.